The van der Waals surface area contributed by atoms with Crippen LogP contribution in [0.3, 0.4) is 0 Å². The Labute approximate surface area is 132 Å². The van der Waals surface area contributed by atoms with Crippen LogP contribution in [0.25, 0.3) is 0 Å². The molecule has 3 fully saturated rings. The largest absolute Gasteiger partial charge is 0.368 e. The molecule has 3 aliphatic rings. The predicted molar refractivity (Wildman–Crippen MR) is 86.6 cm³/mol. The molecule has 22 heavy (non-hydrogen) atoms. The summed E-state index contributed by atoms with van der Waals surface area (Å²) >= 11 is 0. The molecule has 3 atom stereocenters. The van der Waals surface area contributed by atoms with E-state index in [1.165, 1.54) is 31.4 Å². The van der Waals surface area contributed by atoms with Gasteiger partial charge in [-0.1, -0.05) is 6.42 Å². The highest BCUT2D eigenvalue weighted by atomic mass is 16.2. The maximum Gasteiger partial charge on any atom is 0.222 e. The number of anilines is 1. The highest BCUT2D eigenvalue weighted by Crippen LogP contribution is 2.49. The maximum atomic E-state index is 12.6. The van der Waals surface area contributed by atoms with Crippen LogP contribution in [0, 0.1) is 17.8 Å². The Bertz CT molecular complexity index is 524. The topological polar surface area (TPSA) is 36.4 Å². The summed E-state index contributed by atoms with van der Waals surface area (Å²) in [5.74, 6) is 2.87. The van der Waals surface area contributed by atoms with Crippen LogP contribution in [-0.4, -0.2) is 42.0 Å². The molecule has 2 aliphatic carbocycles. The summed E-state index contributed by atoms with van der Waals surface area (Å²) in [6.07, 6.45) is 9.97. The van der Waals surface area contributed by atoms with Gasteiger partial charge in [-0.25, -0.2) is 0 Å². The van der Waals surface area contributed by atoms with Crippen LogP contribution in [0.4, 0.5) is 5.69 Å². The molecular formula is C18H25N3O. The molecule has 0 radical (unpaired) electrons. The van der Waals surface area contributed by atoms with E-state index in [1.807, 2.05) is 24.5 Å². The number of hydrogen-bond donors (Lipinski definition) is 0. The summed E-state index contributed by atoms with van der Waals surface area (Å²) in [7, 11) is 0. The fraction of sp³-hybridized carbons (Fsp3) is 0.667. The van der Waals surface area contributed by atoms with Gasteiger partial charge in [0, 0.05) is 50.7 Å². The van der Waals surface area contributed by atoms with Crippen molar-refractivity contribution in [3.05, 3.63) is 24.5 Å². The van der Waals surface area contributed by atoms with Crippen molar-refractivity contribution < 1.29 is 4.79 Å². The normalized spacial score (nSPS) is 30.8. The summed E-state index contributed by atoms with van der Waals surface area (Å²) < 4.78 is 0. The zero-order chi connectivity index (χ0) is 14.9. The average Bonchev–Trinajstić information content (AvgIpc) is 3.19. The monoisotopic (exact) mass is 299 g/mol. The standard InChI is InChI=1S/C18H25N3O/c22-18(13-16-12-14-1-2-15(16)11-14)21-9-7-20(8-10-21)17-3-5-19-6-4-17/h3-6,14-16H,1-2,7-13H2. The summed E-state index contributed by atoms with van der Waals surface area (Å²) in [5, 5.41) is 0. The van der Waals surface area contributed by atoms with Crippen LogP contribution >= 0.6 is 0 Å². The first kappa shape index (κ1) is 14.0. The summed E-state index contributed by atoms with van der Waals surface area (Å²) in [6, 6.07) is 4.10. The van der Waals surface area contributed by atoms with Gasteiger partial charge in [-0.05, 0) is 49.1 Å². The van der Waals surface area contributed by atoms with Gasteiger partial charge < -0.3 is 9.80 Å². The Hall–Kier alpha value is -1.58. The molecule has 1 aliphatic heterocycles. The molecule has 2 saturated carbocycles. The van der Waals surface area contributed by atoms with Gasteiger partial charge in [0.2, 0.25) is 5.91 Å². The van der Waals surface area contributed by atoms with Gasteiger partial charge >= 0.3 is 0 Å². The molecule has 0 N–H and O–H groups in total. The van der Waals surface area contributed by atoms with E-state index in [2.05, 4.69) is 14.8 Å². The number of rotatable bonds is 3. The third-order valence-corrected chi connectivity index (χ3v) is 5.98. The van der Waals surface area contributed by atoms with Crippen molar-refractivity contribution in [2.45, 2.75) is 32.1 Å². The van der Waals surface area contributed by atoms with Crippen molar-refractivity contribution >= 4 is 11.6 Å². The molecule has 0 spiro atoms. The quantitative estimate of drug-likeness (QED) is 0.860. The van der Waals surface area contributed by atoms with Crippen LogP contribution in [0.5, 0.6) is 0 Å². The van der Waals surface area contributed by atoms with Gasteiger partial charge in [0.05, 0.1) is 0 Å². The van der Waals surface area contributed by atoms with Gasteiger partial charge in [-0.2, -0.15) is 0 Å². The van der Waals surface area contributed by atoms with E-state index in [0.717, 1.165) is 44.4 Å². The first-order chi connectivity index (χ1) is 10.8. The van der Waals surface area contributed by atoms with Gasteiger partial charge in [0.15, 0.2) is 0 Å². The Morgan fingerprint density at radius 3 is 2.50 bits per heavy atom. The second-order valence-electron chi connectivity index (χ2n) is 7.21. The number of carbonyl (C=O) groups excluding carboxylic acids is 1. The third kappa shape index (κ3) is 2.71. The van der Waals surface area contributed by atoms with E-state index in [1.54, 1.807) is 0 Å². The fourth-order valence-corrected chi connectivity index (χ4v) is 4.75. The molecule has 2 heterocycles. The molecule has 4 heteroatoms. The second kappa shape index (κ2) is 5.90. The van der Waals surface area contributed by atoms with Crippen molar-refractivity contribution in [1.82, 2.24) is 9.88 Å². The van der Waals surface area contributed by atoms with E-state index in [0.29, 0.717) is 11.8 Å². The minimum Gasteiger partial charge on any atom is -0.368 e. The summed E-state index contributed by atoms with van der Waals surface area (Å²) in [4.78, 5) is 21.1. The lowest BCUT2D eigenvalue weighted by Crippen LogP contribution is -2.49. The number of fused-ring (bicyclic) bond motifs is 2. The maximum absolute atomic E-state index is 12.6. The van der Waals surface area contributed by atoms with Crippen LogP contribution in [0.2, 0.25) is 0 Å². The molecule has 2 bridgehead atoms. The Morgan fingerprint density at radius 1 is 1.09 bits per heavy atom. The predicted octanol–water partition coefficient (Wildman–Crippen LogP) is 2.56. The number of pyridine rings is 1. The van der Waals surface area contributed by atoms with Gasteiger partial charge in [0.1, 0.15) is 0 Å². The first-order valence-corrected chi connectivity index (χ1v) is 8.72. The minimum absolute atomic E-state index is 0.395. The highest BCUT2D eigenvalue weighted by molar-refractivity contribution is 5.77. The molecular weight excluding hydrogens is 274 g/mol. The summed E-state index contributed by atoms with van der Waals surface area (Å²) in [6.45, 7) is 3.60. The van der Waals surface area contributed by atoms with E-state index >= 15 is 0 Å². The minimum atomic E-state index is 0.395. The van der Waals surface area contributed by atoms with Gasteiger partial charge in [0.25, 0.3) is 0 Å². The van der Waals surface area contributed by atoms with Crippen LogP contribution in [0.15, 0.2) is 24.5 Å². The molecule has 118 valence electrons. The van der Waals surface area contributed by atoms with Crippen molar-refractivity contribution in [1.29, 1.82) is 0 Å². The lowest BCUT2D eigenvalue weighted by Gasteiger charge is -2.37. The SMILES string of the molecule is O=C(CC1CC2CCC1C2)N1CCN(c2ccncc2)CC1. The smallest absolute Gasteiger partial charge is 0.222 e. The fourth-order valence-electron chi connectivity index (χ4n) is 4.75. The zero-order valence-corrected chi connectivity index (χ0v) is 13.2. The molecule has 1 aromatic rings. The number of amides is 1. The van der Waals surface area contributed by atoms with Crippen molar-refractivity contribution in [2.24, 2.45) is 17.8 Å². The molecule has 1 aromatic heterocycles. The number of aromatic nitrogens is 1. The highest BCUT2D eigenvalue weighted by Gasteiger charge is 2.40. The van der Waals surface area contributed by atoms with E-state index < -0.39 is 0 Å². The number of nitrogens with zero attached hydrogens (tertiary/aromatic N) is 3. The van der Waals surface area contributed by atoms with Crippen LogP contribution < -0.4 is 4.90 Å². The van der Waals surface area contributed by atoms with Gasteiger partial charge in [-0.3, -0.25) is 9.78 Å². The van der Waals surface area contributed by atoms with Crippen LogP contribution in [-0.2, 0) is 4.79 Å². The first-order valence-electron chi connectivity index (χ1n) is 8.72. The number of piperazine rings is 1. The second-order valence-corrected chi connectivity index (χ2v) is 7.21. The lowest BCUT2D eigenvalue weighted by molar-refractivity contribution is -0.132. The molecule has 1 saturated heterocycles. The van der Waals surface area contributed by atoms with Crippen molar-refractivity contribution in [3.8, 4) is 0 Å². The van der Waals surface area contributed by atoms with Gasteiger partial charge in [-0.15, -0.1) is 0 Å². The number of hydrogen-bond acceptors (Lipinski definition) is 3. The van der Waals surface area contributed by atoms with E-state index in [4.69, 9.17) is 0 Å². The summed E-state index contributed by atoms with van der Waals surface area (Å²) in [5.41, 5.74) is 1.22. The van der Waals surface area contributed by atoms with Crippen molar-refractivity contribution in [3.63, 3.8) is 0 Å². The zero-order valence-electron chi connectivity index (χ0n) is 13.2. The Kier molecular flexibility index (Phi) is 3.77. The lowest BCUT2D eigenvalue weighted by atomic mass is 9.86. The van der Waals surface area contributed by atoms with Crippen LogP contribution in [0.1, 0.15) is 32.1 Å². The molecule has 0 aromatic carbocycles. The number of carbonyl (C=O) groups is 1. The molecule has 4 nitrogen and oxygen atoms in total. The molecule has 3 unspecified atom stereocenters. The van der Waals surface area contributed by atoms with E-state index in [9.17, 15) is 4.79 Å². The molecule has 1 amide bonds. The van der Waals surface area contributed by atoms with Crippen molar-refractivity contribution in [2.75, 3.05) is 31.1 Å². The molecule has 4 rings (SSSR count). The van der Waals surface area contributed by atoms with E-state index in [-0.39, 0.29) is 0 Å². The third-order valence-electron chi connectivity index (χ3n) is 5.98. The Morgan fingerprint density at radius 2 is 1.86 bits per heavy atom. The Balaban J connectivity index is 1.29. The average molecular weight is 299 g/mol.